The third-order valence-corrected chi connectivity index (χ3v) is 2.89. The molecule has 1 aromatic heterocycles. The Balaban J connectivity index is 2.32. The maximum atomic E-state index is 10.8. The number of carboxylic acid groups (broad SMARTS) is 1. The van der Waals surface area contributed by atoms with Gasteiger partial charge in [0.25, 0.3) is 0 Å². The smallest absolute Gasteiger partial charge is 0.344 e. The van der Waals surface area contributed by atoms with Gasteiger partial charge in [-0.1, -0.05) is 12.1 Å². The lowest BCUT2D eigenvalue weighted by atomic mass is 10.1. The van der Waals surface area contributed by atoms with E-state index in [1.807, 2.05) is 32.2 Å². The van der Waals surface area contributed by atoms with Crippen LogP contribution < -0.4 is 4.74 Å². The fraction of sp³-hybridized carbons (Fsp3) is 0.286. The zero-order valence-corrected chi connectivity index (χ0v) is 11.1. The van der Waals surface area contributed by atoms with E-state index in [-0.39, 0.29) is 0 Å². The van der Waals surface area contributed by atoms with Crippen LogP contribution in [0.2, 0.25) is 0 Å². The summed E-state index contributed by atoms with van der Waals surface area (Å²) in [4.78, 5) is 10.8. The number of nitrogens with zero attached hydrogens (tertiary/aromatic N) is 2. The minimum Gasteiger partial charge on any atom is -0.479 e. The Bertz CT molecular complexity index is 585. The van der Waals surface area contributed by atoms with Crippen LogP contribution in [0.1, 0.15) is 12.5 Å². The lowest BCUT2D eigenvalue weighted by Gasteiger charge is -2.12. The lowest BCUT2D eigenvalue weighted by molar-refractivity contribution is -0.144. The predicted octanol–water partition coefficient (Wildman–Crippen LogP) is 2.25. The highest BCUT2D eigenvalue weighted by molar-refractivity contribution is 5.72. The van der Waals surface area contributed by atoms with Crippen LogP contribution in [0.5, 0.6) is 5.75 Å². The van der Waals surface area contributed by atoms with E-state index >= 15 is 0 Å². The summed E-state index contributed by atoms with van der Waals surface area (Å²) in [5.74, 6) is -0.449. The van der Waals surface area contributed by atoms with Crippen molar-refractivity contribution in [2.75, 3.05) is 0 Å². The summed E-state index contributed by atoms with van der Waals surface area (Å²) in [5.41, 5.74) is 3.01. The minimum atomic E-state index is -0.984. The first-order chi connectivity index (χ1) is 8.99. The molecule has 1 N–H and O–H groups in total. The number of hydrogen-bond donors (Lipinski definition) is 1. The van der Waals surface area contributed by atoms with Crippen molar-refractivity contribution in [3.05, 3.63) is 36.0 Å². The zero-order chi connectivity index (χ0) is 14.0. The summed E-state index contributed by atoms with van der Waals surface area (Å²) in [5, 5.41) is 13.0. The number of benzene rings is 1. The molecule has 0 radical (unpaired) electrons. The molecule has 0 fully saturated rings. The molecular weight excluding hydrogens is 244 g/mol. The summed E-state index contributed by atoms with van der Waals surface area (Å²) < 4.78 is 7.15. The first-order valence-electron chi connectivity index (χ1n) is 5.97. The molecule has 2 rings (SSSR count). The Kier molecular flexibility index (Phi) is 3.55. The van der Waals surface area contributed by atoms with Crippen LogP contribution in [-0.4, -0.2) is 27.0 Å². The number of rotatable bonds is 4. The van der Waals surface area contributed by atoms with Crippen LogP contribution in [0.3, 0.4) is 0 Å². The van der Waals surface area contributed by atoms with E-state index in [4.69, 9.17) is 9.84 Å². The van der Waals surface area contributed by atoms with Gasteiger partial charge in [-0.25, -0.2) is 4.79 Å². The van der Waals surface area contributed by atoms with E-state index in [1.165, 1.54) is 6.92 Å². The lowest BCUT2D eigenvalue weighted by Crippen LogP contribution is -2.22. The fourth-order valence-corrected chi connectivity index (χ4v) is 1.93. The molecule has 0 saturated carbocycles. The van der Waals surface area contributed by atoms with Crippen LogP contribution >= 0.6 is 0 Å². The average Bonchev–Trinajstić information content (AvgIpc) is 2.69. The molecule has 100 valence electrons. The largest absolute Gasteiger partial charge is 0.479 e. The predicted molar refractivity (Wildman–Crippen MR) is 71.1 cm³/mol. The van der Waals surface area contributed by atoms with Gasteiger partial charge in [-0.2, -0.15) is 5.10 Å². The summed E-state index contributed by atoms with van der Waals surface area (Å²) in [6, 6.07) is 7.35. The number of aryl methyl sites for hydroxylation is 2. The van der Waals surface area contributed by atoms with Crippen LogP contribution in [0, 0.1) is 6.92 Å². The first-order valence-corrected chi connectivity index (χ1v) is 5.97. The molecule has 0 amide bonds. The topological polar surface area (TPSA) is 64.4 Å². The molecule has 1 unspecified atom stereocenters. The highest BCUT2D eigenvalue weighted by Gasteiger charge is 2.13. The second-order valence-electron chi connectivity index (χ2n) is 4.43. The zero-order valence-electron chi connectivity index (χ0n) is 11.1. The normalized spacial score (nSPS) is 12.2. The van der Waals surface area contributed by atoms with Crippen molar-refractivity contribution in [3.8, 4) is 17.0 Å². The Morgan fingerprint density at radius 3 is 2.79 bits per heavy atom. The quantitative estimate of drug-likeness (QED) is 0.915. The maximum absolute atomic E-state index is 10.8. The van der Waals surface area contributed by atoms with Crippen molar-refractivity contribution in [1.29, 1.82) is 0 Å². The van der Waals surface area contributed by atoms with Crippen LogP contribution in [0.15, 0.2) is 30.5 Å². The average molecular weight is 260 g/mol. The second-order valence-corrected chi connectivity index (χ2v) is 4.43. The summed E-state index contributed by atoms with van der Waals surface area (Å²) in [6.07, 6.45) is 0.922. The molecule has 0 bridgehead atoms. The maximum Gasteiger partial charge on any atom is 0.344 e. The van der Waals surface area contributed by atoms with Crippen molar-refractivity contribution in [2.45, 2.75) is 20.0 Å². The third kappa shape index (κ3) is 2.76. The highest BCUT2D eigenvalue weighted by Crippen LogP contribution is 2.26. The van der Waals surface area contributed by atoms with Gasteiger partial charge in [0.05, 0.1) is 11.9 Å². The number of ether oxygens (including phenoxy) is 1. The molecule has 19 heavy (non-hydrogen) atoms. The van der Waals surface area contributed by atoms with Gasteiger partial charge in [-0.05, 0) is 31.5 Å². The van der Waals surface area contributed by atoms with E-state index < -0.39 is 12.1 Å². The number of hydrogen-bond acceptors (Lipinski definition) is 3. The molecule has 1 heterocycles. The Morgan fingerprint density at radius 1 is 1.47 bits per heavy atom. The van der Waals surface area contributed by atoms with E-state index in [2.05, 4.69) is 5.10 Å². The molecule has 2 aromatic rings. The summed E-state index contributed by atoms with van der Waals surface area (Å²) in [6.45, 7) is 3.49. The SMILES string of the molecule is Cc1cnn(C)c1-c1cccc(OC(C)C(=O)O)c1. The van der Waals surface area contributed by atoms with Crippen LogP contribution in [0.4, 0.5) is 0 Å². The van der Waals surface area contributed by atoms with E-state index in [1.54, 1.807) is 16.9 Å². The number of aliphatic carboxylic acids is 1. The van der Waals surface area contributed by atoms with Crippen LogP contribution in [0.25, 0.3) is 11.3 Å². The number of carbonyl (C=O) groups is 1. The van der Waals surface area contributed by atoms with E-state index in [0.29, 0.717) is 5.75 Å². The van der Waals surface area contributed by atoms with Crippen molar-refractivity contribution in [3.63, 3.8) is 0 Å². The van der Waals surface area contributed by atoms with Gasteiger partial charge in [0.2, 0.25) is 0 Å². The van der Waals surface area contributed by atoms with Gasteiger partial charge < -0.3 is 9.84 Å². The molecule has 1 aromatic carbocycles. The van der Waals surface area contributed by atoms with Crippen molar-refractivity contribution in [2.24, 2.45) is 7.05 Å². The van der Waals surface area contributed by atoms with Crippen molar-refractivity contribution >= 4 is 5.97 Å². The Labute approximate surface area is 111 Å². The fourth-order valence-electron chi connectivity index (χ4n) is 1.93. The van der Waals surface area contributed by atoms with E-state index in [0.717, 1.165) is 16.8 Å². The molecule has 1 atom stereocenters. The molecule has 0 saturated heterocycles. The van der Waals surface area contributed by atoms with Crippen molar-refractivity contribution < 1.29 is 14.6 Å². The first kappa shape index (κ1) is 13.1. The highest BCUT2D eigenvalue weighted by atomic mass is 16.5. The third-order valence-electron chi connectivity index (χ3n) is 2.89. The molecular formula is C14H16N2O3. The number of aromatic nitrogens is 2. The molecule has 5 nitrogen and oxygen atoms in total. The van der Waals surface area contributed by atoms with Crippen molar-refractivity contribution in [1.82, 2.24) is 9.78 Å². The van der Waals surface area contributed by atoms with Gasteiger partial charge in [-0.15, -0.1) is 0 Å². The Hall–Kier alpha value is -2.30. The molecule has 5 heteroatoms. The van der Waals surface area contributed by atoms with Crippen LogP contribution in [-0.2, 0) is 11.8 Å². The second kappa shape index (κ2) is 5.14. The standard InChI is InChI=1S/C14H16N2O3/c1-9-8-15-16(3)13(9)11-5-4-6-12(7-11)19-10(2)14(17)18/h4-8,10H,1-3H3,(H,17,18). The minimum absolute atomic E-state index is 0.535. The summed E-state index contributed by atoms with van der Waals surface area (Å²) >= 11 is 0. The van der Waals surface area contributed by atoms with Gasteiger partial charge in [0.1, 0.15) is 5.75 Å². The molecule has 0 aliphatic rings. The molecule has 0 aliphatic carbocycles. The van der Waals surface area contributed by atoms with Gasteiger partial charge in [0.15, 0.2) is 6.10 Å². The van der Waals surface area contributed by atoms with Gasteiger partial charge in [0, 0.05) is 12.6 Å². The van der Waals surface area contributed by atoms with E-state index in [9.17, 15) is 4.79 Å². The number of carboxylic acids is 1. The van der Waals surface area contributed by atoms with Gasteiger partial charge in [-0.3, -0.25) is 4.68 Å². The molecule has 0 spiro atoms. The summed E-state index contributed by atoms with van der Waals surface area (Å²) in [7, 11) is 1.87. The van der Waals surface area contributed by atoms with Gasteiger partial charge >= 0.3 is 5.97 Å². The monoisotopic (exact) mass is 260 g/mol. The molecule has 0 aliphatic heterocycles. The Morgan fingerprint density at radius 2 is 2.21 bits per heavy atom.